The summed E-state index contributed by atoms with van der Waals surface area (Å²) in [4.78, 5) is 17.8. The van der Waals surface area contributed by atoms with Gasteiger partial charge < -0.3 is 31.3 Å². The van der Waals surface area contributed by atoms with E-state index in [1.165, 1.54) is 0 Å². The van der Waals surface area contributed by atoms with Gasteiger partial charge in [0.25, 0.3) is 5.78 Å². The first-order valence-electron chi connectivity index (χ1n) is 5.67. The van der Waals surface area contributed by atoms with E-state index in [-0.39, 0.29) is 11.5 Å². The number of ether oxygens (including phenoxy) is 1. The summed E-state index contributed by atoms with van der Waals surface area (Å²) in [6, 6.07) is 0. The minimum Gasteiger partial charge on any atom is -0.394 e. The Bertz CT molecular complexity index is 566. The van der Waals surface area contributed by atoms with Crippen molar-refractivity contribution in [3.8, 4) is 0 Å². The largest absolute Gasteiger partial charge is 0.394 e. The molecule has 2 rings (SSSR count). The fourth-order valence-electron chi connectivity index (χ4n) is 1.99. The van der Waals surface area contributed by atoms with Crippen LogP contribution in [0.5, 0.6) is 0 Å². The van der Waals surface area contributed by atoms with Crippen LogP contribution in [0.4, 0.5) is 5.82 Å². The molecule has 1 saturated heterocycles. The van der Waals surface area contributed by atoms with Crippen LogP contribution in [0.25, 0.3) is 5.53 Å². The maximum atomic E-state index is 11.5. The Labute approximate surface area is 112 Å². The molecule has 5 N–H and O–H groups in total. The molecule has 0 amide bonds. The summed E-state index contributed by atoms with van der Waals surface area (Å²) in [5.41, 5.74) is 13.8. The van der Waals surface area contributed by atoms with Crippen molar-refractivity contribution in [2.75, 3.05) is 12.3 Å². The van der Waals surface area contributed by atoms with E-state index in [0.717, 1.165) is 10.9 Å². The van der Waals surface area contributed by atoms with E-state index in [0.29, 0.717) is 6.21 Å². The van der Waals surface area contributed by atoms with Crippen molar-refractivity contribution >= 4 is 17.8 Å². The Morgan fingerprint density at radius 3 is 2.85 bits per heavy atom. The first kappa shape index (κ1) is 14.3. The van der Waals surface area contributed by atoms with Gasteiger partial charge in [0, 0.05) is 0 Å². The third kappa shape index (κ3) is 2.22. The van der Waals surface area contributed by atoms with Crippen LogP contribution in [0.3, 0.4) is 0 Å². The standard InChI is InChI=1S/C10H13N5O5/c11-9-6(4(17)1-14-12)13-3-15(9)10-8(19)7(18)5(2-16)20-10/h1,3,5,7-8,10,16,18-19H,2,11H2/t5-,7-,8-,10?/m1/s1. The van der Waals surface area contributed by atoms with E-state index >= 15 is 0 Å². The molecule has 0 saturated carbocycles. The Kier molecular flexibility index (Phi) is 3.93. The number of imidazole rings is 1. The Balaban J connectivity index is 2.31. The second kappa shape index (κ2) is 5.49. The van der Waals surface area contributed by atoms with Crippen LogP contribution in [-0.2, 0) is 4.74 Å². The molecule has 20 heavy (non-hydrogen) atoms. The fourth-order valence-corrected chi connectivity index (χ4v) is 1.99. The van der Waals surface area contributed by atoms with Crippen molar-refractivity contribution in [2.45, 2.75) is 24.5 Å². The number of aliphatic hydroxyl groups is 3. The number of ketones is 1. The number of aromatic nitrogens is 2. The molecule has 0 spiro atoms. The Morgan fingerprint density at radius 1 is 1.60 bits per heavy atom. The number of aliphatic hydroxyl groups excluding tert-OH is 3. The lowest BCUT2D eigenvalue weighted by Gasteiger charge is -2.17. The number of hydrogen-bond donors (Lipinski definition) is 4. The van der Waals surface area contributed by atoms with Gasteiger partial charge in [-0.2, -0.15) is 4.79 Å². The van der Waals surface area contributed by atoms with Crippen molar-refractivity contribution in [1.29, 1.82) is 0 Å². The SMILES string of the molecule is [N-]=[N+]=CC(=O)c1ncn(C2O[C@H](CO)[C@@H](O)[C@H]2O)c1N. The molecular formula is C10H13N5O5. The zero-order valence-corrected chi connectivity index (χ0v) is 10.2. The van der Waals surface area contributed by atoms with Crippen LogP contribution in [-0.4, -0.2) is 66.6 Å². The number of nitrogen functional groups attached to an aromatic ring is 1. The van der Waals surface area contributed by atoms with Crippen LogP contribution >= 0.6 is 0 Å². The summed E-state index contributed by atoms with van der Waals surface area (Å²) in [6.45, 7) is -0.480. The number of carbonyl (C=O) groups excluding carboxylic acids is 1. The minimum atomic E-state index is -1.34. The van der Waals surface area contributed by atoms with E-state index in [1.807, 2.05) is 0 Å². The zero-order valence-electron chi connectivity index (χ0n) is 10.2. The molecule has 2 heterocycles. The van der Waals surface area contributed by atoms with Crippen molar-refractivity contribution in [3.63, 3.8) is 0 Å². The van der Waals surface area contributed by atoms with E-state index in [2.05, 4.69) is 9.77 Å². The van der Waals surface area contributed by atoms with Crippen LogP contribution in [0.2, 0.25) is 0 Å². The van der Waals surface area contributed by atoms with Gasteiger partial charge in [-0.1, -0.05) is 0 Å². The van der Waals surface area contributed by atoms with Gasteiger partial charge in [0.15, 0.2) is 11.9 Å². The minimum absolute atomic E-state index is 0.121. The molecule has 0 bridgehead atoms. The molecule has 1 aliphatic heterocycles. The first-order valence-corrected chi connectivity index (χ1v) is 5.67. The lowest BCUT2D eigenvalue weighted by molar-refractivity contribution is -0.0518. The molecule has 10 heteroatoms. The van der Waals surface area contributed by atoms with Gasteiger partial charge >= 0.3 is 6.21 Å². The smallest absolute Gasteiger partial charge is 0.329 e. The fraction of sp³-hybridized carbons (Fsp3) is 0.500. The molecule has 4 atom stereocenters. The molecule has 1 unspecified atom stereocenters. The topological polar surface area (TPSA) is 167 Å². The highest BCUT2D eigenvalue weighted by atomic mass is 16.6. The molecule has 1 aromatic heterocycles. The summed E-state index contributed by atoms with van der Waals surface area (Å²) >= 11 is 0. The molecular weight excluding hydrogens is 270 g/mol. The monoisotopic (exact) mass is 283 g/mol. The van der Waals surface area contributed by atoms with Gasteiger partial charge in [0.2, 0.25) is 0 Å². The van der Waals surface area contributed by atoms with Crippen molar-refractivity contribution < 1.29 is 29.6 Å². The average Bonchev–Trinajstić information content (AvgIpc) is 2.93. The lowest BCUT2D eigenvalue weighted by Crippen LogP contribution is -2.33. The highest BCUT2D eigenvalue weighted by molar-refractivity contribution is 6.34. The molecule has 0 aliphatic carbocycles. The highest BCUT2D eigenvalue weighted by Gasteiger charge is 2.44. The van der Waals surface area contributed by atoms with E-state index < -0.39 is 36.9 Å². The van der Waals surface area contributed by atoms with E-state index in [9.17, 15) is 15.0 Å². The van der Waals surface area contributed by atoms with Crippen molar-refractivity contribution in [1.82, 2.24) is 9.55 Å². The van der Waals surface area contributed by atoms with Gasteiger partial charge in [0.1, 0.15) is 24.1 Å². The van der Waals surface area contributed by atoms with Crippen LogP contribution < -0.4 is 5.73 Å². The average molecular weight is 283 g/mol. The lowest BCUT2D eigenvalue weighted by atomic mass is 10.1. The number of hydrogen-bond acceptors (Lipinski definition) is 7. The predicted molar refractivity (Wildman–Crippen MR) is 63.7 cm³/mol. The third-order valence-corrected chi connectivity index (χ3v) is 3.03. The van der Waals surface area contributed by atoms with Crippen LogP contribution in [0, 0.1) is 0 Å². The molecule has 0 radical (unpaired) electrons. The highest BCUT2D eigenvalue weighted by Crippen LogP contribution is 2.31. The molecule has 108 valence electrons. The quantitative estimate of drug-likeness (QED) is 0.206. The van der Waals surface area contributed by atoms with Gasteiger partial charge in [0.05, 0.1) is 12.9 Å². The van der Waals surface area contributed by atoms with E-state index in [4.69, 9.17) is 21.1 Å². The normalized spacial score (nSPS) is 29.1. The molecule has 1 aromatic rings. The van der Waals surface area contributed by atoms with E-state index in [1.54, 1.807) is 0 Å². The second-order valence-electron chi connectivity index (χ2n) is 4.22. The number of nitrogens with two attached hydrogens (primary N) is 1. The van der Waals surface area contributed by atoms with Gasteiger partial charge in [-0.3, -0.25) is 9.36 Å². The first-order chi connectivity index (χ1) is 9.51. The summed E-state index contributed by atoms with van der Waals surface area (Å²) in [5, 5.41) is 28.5. The van der Waals surface area contributed by atoms with Gasteiger partial charge in [-0.15, -0.1) is 0 Å². The zero-order chi connectivity index (χ0) is 14.9. The maximum absolute atomic E-state index is 11.5. The number of Topliss-reactive ketones (excluding diaryl/α,β-unsaturated/α-hetero) is 1. The molecule has 1 aliphatic rings. The summed E-state index contributed by atoms with van der Waals surface area (Å²) in [7, 11) is 0. The second-order valence-corrected chi connectivity index (χ2v) is 4.22. The van der Waals surface area contributed by atoms with Crippen LogP contribution in [0.1, 0.15) is 16.7 Å². The van der Waals surface area contributed by atoms with Crippen molar-refractivity contribution in [2.24, 2.45) is 0 Å². The summed E-state index contributed by atoms with van der Waals surface area (Å²) in [5.74, 6) is -0.847. The Hall–Kier alpha value is -2.10. The number of rotatable bonds is 4. The van der Waals surface area contributed by atoms with Gasteiger partial charge in [-0.25, -0.2) is 4.98 Å². The van der Waals surface area contributed by atoms with Gasteiger partial charge in [-0.05, 0) is 0 Å². The summed E-state index contributed by atoms with van der Waals surface area (Å²) in [6.07, 6.45) is -2.89. The van der Waals surface area contributed by atoms with Crippen LogP contribution in [0.15, 0.2) is 6.33 Å². The molecule has 10 nitrogen and oxygen atoms in total. The number of carbonyl (C=O) groups is 1. The number of anilines is 1. The maximum Gasteiger partial charge on any atom is 0.329 e. The third-order valence-electron chi connectivity index (χ3n) is 3.03. The van der Waals surface area contributed by atoms with Crippen molar-refractivity contribution in [3.05, 3.63) is 17.6 Å². The predicted octanol–water partition coefficient (Wildman–Crippen LogP) is -2.44. The number of nitrogens with zero attached hydrogens (tertiary/aromatic N) is 4. The Morgan fingerprint density at radius 2 is 2.30 bits per heavy atom. The summed E-state index contributed by atoms with van der Waals surface area (Å²) < 4.78 is 6.41. The molecule has 0 aromatic carbocycles. The molecule has 1 fully saturated rings.